The van der Waals surface area contributed by atoms with E-state index in [-0.39, 0.29) is 11.1 Å². The van der Waals surface area contributed by atoms with Gasteiger partial charge in [0.25, 0.3) is 11.1 Å². The molecule has 0 saturated carbocycles. The first kappa shape index (κ1) is 13.5. The third-order valence-corrected chi connectivity index (χ3v) is 5.14. The number of hydrogen-bond donors (Lipinski definition) is 2. The van der Waals surface area contributed by atoms with E-state index in [0.29, 0.717) is 43.9 Å². The molecule has 124 valence electrons. The number of benzene rings is 1. The molecule has 0 aliphatic carbocycles. The highest BCUT2D eigenvalue weighted by Crippen LogP contribution is 2.38. The van der Waals surface area contributed by atoms with Crippen molar-refractivity contribution >= 4 is 54.6 Å². The first-order valence-electron chi connectivity index (χ1n) is 8.19. The Morgan fingerprint density at radius 1 is 0.769 bits per heavy atom. The first-order chi connectivity index (χ1) is 12.7. The SMILES string of the molecule is Cn1c(=O)c2c(c1=O)c1c3ccc[nH]c3nc1c1nc3[nH]cccc3c12. The zero-order chi connectivity index (χ0) is 17.6. The van der Waals surface area contributed by atoms with Crippen LogP contribution in [0.3, 0.4) is 0 Å². The Balaban J connectivity index is 2.15. The topological polar surface area (TPSA) is 96.4 Å². The summed E-state index contributed by atoms with van der Waals surface area (Å²) in [7, 11) is 1.51. The van der Waals surface area contributed by atoms with Gasteiger partial charge in [0, 0.05) is 41.0 Å². The van der Waals surface area contributed by atoms with E-state index in [0.717, 1.165) is 10.8 Å². The molecule has 0 fully saturated rings. The van der Waals surface area contributed by atoms with Gasteiger partial charge in [-0.05, 0) is 24.3 Å². The number of aromatic nitrogens is 5. The summed E-state index contributed by atoms with van der Waals surface area (Å²) in [5, 5.41) is 3.83. The van der Waals surface area contributed by atoms with Crippen molar-refractivity contribution in [1.29, 1.82) is 0 Å². The summed E-state index contributed by atoms with van der Waals surface area (Å²) in [5.41, 5.74) is 2.01. The number of H-pyrrole nitrogens is 2. The van der Waals surface area contributed by atoms with Crippen LogP contribution in [0.2, 0.25) is 0 Å². The second kappa shape index (κ2) is 4.26. The van der Waals surface area contributed by atoms with Gasteiger partial charge < -0.3 is 9.97 Å². The van der Waals surface area contributed by atoms with Crippen LogP contribution in [0.15, 0.2) is 46.2 Å². The molecule has 0 spiro atoms. The van der Waals surface area contributed by atoms with Crippen LogP contribution < -0.4 is 11.1 Å². The quantitative estimate of drug-likeness (QED) is 0.443. The molecule has 5 aromatic heterocycles. The van der Waals surface area contributed by atoms with Gasteiger partial charge in [0.1, 0.15) is 22.3 Å². The molecule has 0 unspecified atom stereocenters. The molecule has 6 aromatic rings. The van der Waals surface area contributed by atoms with Crippen LogP contribution in [0.25, 0.3) is 54.6 Å². The van der Waals surface area contributed by atoms with Crippen molar-refractivity contribution in [3.05, 3.63) is 57.4 Å². The van der Waals surface area contributed by atoms with Gasteiger partial charge in [-0.1, -0.05) is 0 Å². The molecule has 26 heavy (non-hydrogen) atoms. The normalized spacial score (nSPS) is 12.3. The molecule has 0 saturated heterocycles. The van der Waals surface area contributed by atoms with Gasteiger partial charge in [-0.2, -0.15) is 0 Å². The van der Waals surface area contributed by atoms with Crippen LogP contribution >= 0.6 is 0 Å². The average molecular weight is 341 g/mol. The second-order valence-electron chi connectivity index (χ2n) is 6.45. The lowest BCUT2D eigenvalue weighted by Crippen LogP contribution is -2.21. The maximum Gasteiger partial charge on any atom is 0.262 e. The number of pyridine rings is 2. The standard InChI is InChI=1S/C19H11N5O2/c1-24-18(25)12-10-8-4-2-6-20-16(8)22-14(10)15-11(13(12)19(24)26)9-5-3-7-21-17(9)23-15/h2-7H,1H3,(H,20,22)(H,21,23). The van der Waals surface area contributed by atoms with Crippen LogP contribution in [-0.2, 0) is 7.05 Å². The lowest BCUT2D eigenvalue weighted by atomic mass is 10.0. The monoisotopic (exact) mass is 341 g/mol. The van der Waals surface area contributed by atoms with E-state index in [1.807, 2.05) is 24.3 Å². The predicted octanol–water partition coefficient (Wildman–Crippen LogP) is 2.40. The minimum atomic E-state index is -0.302. The molecule has 6 rings (SSSR count). The Morgan fingerprint density at radius 3 is 1.69 bits per heavy atom. The summed E-state index contributed by atoms with van der Waals surface area (Å²) in [4.78, 5) is 41.4. The number of fused-ring (bicyclic) bond motifs is 10. The van der Waals surface area contributed by atoms with Gasteiger partial charge in [-0.25, -0.2) is 9.97 Å². The van der Waals surface area contributed by atoms with E-state index in [2.05, 4.69) is 19.9 Å². The highest BCUT2D eigenvalue weighted by atomic mass is 16.2. The fourth-order valence-electron chi connectivity index (χ4n) is 3.99. The third kappa shape index (κ3) is 1.36. The zero-order valence-electron chi connectivity index (χ0n) is 13.6. The van der Waals surface area contributed by atoms with Gasteiger partial charge in [-0.3, -0.25) is 14.2 Å². The van der Waals surface area contributed by atoms with Crippen molar-refractivity contribution in [1.82, 2.24) is 24.5 Å². The third-order valence-electron chi connectivity index (χ3n) is 5.14. The fourth-order valence-corrected chi connectivity index (χ4v) is 3.99. The number of nitrogens with zero attached hydrogens (tertiary/aromatic N) is 3. The number of nitrogens with one attached hydrogen (secondary N) is 2. The van der Waals surface area contributed by atoms with Crippen molar-refractivity contribution in [2.45, 2.75) is 0 Å². The first-order valence-corrected chi connectivity index (χ1v) is 8.19. The molecule has 0 amide bonds. The van der Waals surface area contributed by atoms with Crippen molar-refractivity contribution in [3.8, 4) is 0 Å². The lowest BCUT2D eigenvalue weighted by Gasteiger charge is -1.96. The van der Waals surface area contributed by atoms with Gasteiger partial charge in [0.15, 0.2) is 0 Å². The minimum absolute atomic E-state index is 0.302. The lowest BCUT2D eigenvalue weighted by molar-refractivity contribution is 0.857. The Morgan fingerprint density at radius 2 is 1.23 bits per heavy atom. The summed E-state index contributed by atoms with van der Waals surface area (Å²) >= 11 is 0. The van der Waals surface area contributed by atoms with Crippen molar-refractivity contribution in [2.24, 2.45) is 7.05 Å². The molecular weight excluding hydrogens is 330 g/mol. The Kier molecular flexibility index (Phi) is 2.22. The molecule has 0 bridgehead atoms. The molecule has 0 radical (unpaired) electrons. The van der Waals surface area contributed by atoms with Crippen molar-refractivity contribution in [2.75, 3.05) is 0 Å². The highest BCUT2D eigenvalue weighted by molar-refractivity contribution is 6.34. The molecule has 7 heteroatoms. The second-order valence-corrected chi connectivity index (χ2v) is 6.45. The van der Waals surface area contributed by atoms with E-state index < -0.39 is 0 Å². The van der Waals surface area contributed by atoms with E-state index in [4.69, 9.17) is 0 Å². The summed E-state index contributed by atoms with van der Waals surface area (Å²) < 4.78 is 1.17. The Hall–Kier alpha value is -3.74. The minimum Gasteiger partial charge on any atom is -0.346 e. The van der Waals surface area contributed by atoms with Crippen molar-refractivity contribution in [3.63, 3.8) is 0 Å². The van der Waals surface area contributed by atoms with Crippen LogP contribution in [-0.4, -0.2) is 24.5 Å². The maximum atomic E-state index is 12.9. The fraction of sp³-hybridized carbons (Fsp3) is 0.0526. The Bertz CT molecular complexity index is 1520. The Labute approximate surface area is 144 Å². The van der Waals surface area contributed by atoms with E-state index in [1.165, 1.54) is 11.6 Å². The summed E-state index contributed by atoms with van der Waals surface area (Å²) in [6, 6.07) is 7.51. The molecule has 5 heterocycles. The van der Waals surface area contributed by atoms with Crippen LogP contribution in [0.5, 0.6) is 0 Å². The van der Waals surface area contributed by atoms with E-state index in [1.54, 1.807) is 12.4 Å². The largest absolute Gasteiger partial charge is 0.346 e. The highest BCUT2D eigenvalue weighted by Gasteiger charge is 2.24. The summed E-state index contributed by atoms with van der Waals surface area (Å²) in [6.07, 6.45) is 3.57. The number of aromatic amines is 2. The maximum absolute atomic E-state index is 12.9. The predicted molar refractivity (Wildman–Crippen MR) is 101 cm³/mol. The van der Waals surface area contributed by atoms with Crippen molar-refractivity contribution < 1.29 is 0 Å². The molecule has 0 atom stereocenters. The molecule has 1 aromatic carbocycles. The zero-order valence-corrected chi connectivity index (χ0v) is 13.6. The molecule has 0 aliphatic heterocycles. The van der Waals surface area contributed by atoms with Gasteiger partial charge in [0.2, 0.25) is 0 Å². The van der Waals surface area contributed by atoms with Crippen LogP contribution in [0, 0.1) is 0 Å². The van der Waals surface area contributed by atoms with Crippen LogP contribution in [0.4, 0.5) is 0 Å². The average Bonchev–Trinajstić information content (AvgIpc) is 3.29. The van der Waals surface area contributed by atoms with Gasteiger partial charge in [-0.15, -0.1) is 0 Å². The summed E-state index contributed by atoms with van der Waals surface area (Å²) in [5.74, 6) is 0. The summed E-state index contributed by atoms with van der Waals surface area (Å²) in [6.45, 7) is 0. The van der Waals surface area contributed by atoms with Gasteiger partial charge in [0.05, 0.1) is 10.8 Å². The number of rotatable bonds is 0. The number of hydrogen-bond acceptors (Lipinski definition) is 4. The van der Waals surface area contributed by atoms with E-state index >= 15 is 0 Å². The van der Waals surface area contributed by atoms with Crippen LogP contribution in [0.1, 0.15) is 0 Å². The molecule has 7 nitrogen and oxygen atoms in total. The van der Waals surface area contributed by atoms with E-state index in [9.17, 15) is 9.59 Å². The smallest absolute Gasteiger partial charge is 0.262 e. The molecule has 2 N–H and O–H groups in total. The molecule has 0 aliphatic rings. The van der Waals surface area contributed by atoms with Gasteiger partial charge >= 0.3 is 0 Å². The molecular formula is C19H11N5O2.